The molecular formula is C19H23ClN2O3. The predicted octanol–water partition coefficient (Wildman–Crippen LogP) is 4.44. The number of nitrogens with one attached hydrogen (secondary N) is 1. The zero-order valence-electron chi connectivity index (χ0n) is 15.1. The number of hydrogen-bond acceptors (Lipinski definition) is 3. The van der Waals surface area contributed by atoms with Crippen molar-refractivity contribution < 1.29 is 14.3 Å². The van der Waals surface area contributed by atoms with Gasteiger partial charge in [0.05, 0.1) is 5.56 Å². The van der Waals surface area contributed by atoms with Crippen LogP contribution in [0.4, 0.5) is 5.69 Å². The molecule has 0 unspecified atom stereocenters. The molecule has 0 aliphatic heterocycles. The van der Waals surface area contributed by atoms with E-state index in [4.69, 9.17) is 16.3 Å². The van der Waals surface area contributed by atoms with Crippen LogP contribution in [-0.4, -0.2) is 23.1 Å². The van der Waals surface area contributed by atoms with Crippen LogP contribution < -0.4 is 5.32 Å². The van der Waals surface area contributed by atoms with E-state index in [-0.39, 0.29) is 12.6 Å². The molecule has 0 spiro atoms. The number of hydrogen-bond donors (Lipinski definition) is 1. The number of amides is 1. The van der Waals surface area contributed by atoms with Crippen molar-refractivity contribution in [2.24, 2.45) is 0 Å². The van der Waals surface area contributed by atoms with Crippen molar-refractivity contribution in [3.8, 4) is 0 Å². The summed E-state index contributed by atoms with van der Waals surface area (Å²) in [4.78, 5) is 24.3. The summed E-state index contributed by atoms with van der Waals surface area (Å²) >= 11 is 6.03. The van der Waals surface area contributed by atoms with Gasteiger partial charge in [-0.05, 0) is 58.4 Å². The molecule has 0 bridgehead atoms. The Balaban J connectivity index is 2.02. The number of nitrogens with zero attached hydrogens (tertiary/aromatic N) is 1. The number of ether oxygens (including phenoxy) is 1. The quantitative estimate of drug-likeness (QED) is 0.799. The van der Waals surface area contributed by atoms with Gasteiger partial charge in [0, 0.05) is 28.1 Å². The standard InChI is InChI=1S/C19H23ClN2O3/c1-11(2)22-12(3)9-15(14(22)5)19(24)25-10-18(23)21-17-8-6-7-16(20)13(17)4/h6-9,11H,10H2,1-5H3,(H,21,23). The number of carbonyl (C=O) groups excluding carboxylic acids is 2. The topological polar surface area (TPSA) is 60.3 Å². The maximum atomic E-state index is 12.3. The van der Waals surface area contributed by atoms with Gasteiger partial charge in [0.1, 0.15) is 0 Å². The van der Waals surface area contributed by atoms with Gasteiger partial charge in [-0.1, -0.05) is 17.7 Å². The number of rotatable bonds is 5. The molecule has 1 N–H and O–H groups in total. The molecule has 0 aliphatic carbocycles. The molecule has 1 heterocycles. The minimum absolute atomic E-state index is 0.246. The fraction of sp³-hybridized carbons (Fsp3) is 0.368. The lowest BCUT2D eigenvalue weighted by Crippen LogP contribution is -2.21. The first-order valence-corrected chi connectivity index (χ1v) is 8.50. The molecule has 0 radical (unpaired) electrons. The van der Waals surface area contributed by atoms with Crippen molar-refractivity contribution in [1.29, 1.82) is 0 Å². The maximum Gasteiger partial charge on any atom is 0.340 e. The molecule has 5 nitrogen and oxygen atoms in total. The second kappa shape index (κ2) is 7.74. The van der Waals surface area contributed by atoms with Crippen molar-refractivity contribution in [3.05, 3.63) is 51.8 Å². The average molecular weight is 363 g/mol. The SMILES string of the molecule is Cc1c(Cl)cccc1NC(=O)COC(=O)c1cc(C)n(C(C)C)c1C. The second-order valence-electron chi connectivity index (χ2n) is 6.29. The Hall–Kier alpha value is -2.27. The van der Waals surface area contributed by atoms with Crippen molar-refractivity contribution in [2.75, 3.05) is 11.9 Å². The number of anilines is 1. The molecule has 2 aromatic rings. The molecule has 1 aromatic carbocycles. The Bertz CT molecular complexity index is 809. The fourth-order valence-corrected chi connectivity index (χ4v) is 3.09. The monoisotopic (exact) mass is 362 g/mol. The third-order valence-electron chi connectivity index (χ3n) is 4.10. The third kappa shape index (κ3) is 4.23. The molecular weight excluding hydrogens is 340 g/mol. The number of benzene rings is 1. The fourth-order valence-electron chi connectivity index (χ4n) is 2.92. The Kier molecular flexibility index (Phi) is 5.90. The van der Waals surface area contributed by atoms with Crippen molar-refractivity contribution in [2.45, 2.75) is 40.7 Å². The van der Waals surface area contributed by atoms with Crippen LogP contribution in [0.5, 0.6) is 0 Å². The molecule has 0 fully saturated rings. The highest BCUT2D eigenvalue weighted by atomic mass is 35.5. The summed E-state index contributed by atoms with van der Waals surface area (Å²) in [6, 6.07) is 7.28. The first kappa shape index (κ1) is 19.1. The number of halogens is 1. The molecule has 0 atom stereocenters. The summed E-state index contributed by atoms with van der Waals surface area (Å²) in [7, 11) is 0. The molecule has 25 heavy (non-hydrogen) atoms. The molecule has 6 heteroatoms. The Morgan fingerprint density at radius 2 is 1.92 bits per heavy atom. The smallest absolute Gasteiger partial charge is 0.340 e. The van der Waals surface area contributed by atoms with E-state index in [0.29, 0.717) is 16.3 Å². The minimum atomic E-state index is -0.502. The van der Waals surface area contributed by atoms with Gasteiger partial charge in [0.25, 0.3) is 5.91 Å². The van der Waals surface area contributed by atoms with E-state index in [1.54, 1.807) is 24.3 Å². The van der Waals surface area contributed by atoms with Gasteiger partial charge in [0.15, 0.2) is 6.61 Å². The van der Waals surface area contributed by atoms with Gasteiger partial charge in [0.2, 0.25) is 0 Å². The Morgan fingerprint density at radius 1 is 1.24 bits per heavy atom. The maximum absolute atomic E-state index is 12.3. The minimum Gasteiger partial charge on any atom is -0.452 e. The van der Waals surface area contributed by atoms with E-state index in [9.17, 15) is 9.59 Å². The molecule has 2 rings (SSSR count). The van der Waals surface area contributed by atoms with Gasteiger partial charge in [-0.2, -0.15) is 0 Å². The van der Waals surface area contributed by atoms with Crippen molar-refractivity contribution >= 4 is 29.2 Å². The number of esters is 1. The number of aryl methyl sites for hydroxylation is 1. The number of aromatic nitrogens is 1. The van der Waals surface area contributed by atoms with Crippen molar-refractivity contribution in [3.63, 3.8) is 0 Å². The first-order valence-electron chi connectivity index (χ1n) is 8.13. The van der Waals surface area contributed by atoms with E-state index >= 15 is 0 Å². The van der Waals surface area contributed by atoms with Gasteiger partial charge in [-0.25, -0.2) is 4.79 Å². The van der Waals surface area contributed by atoms with Gasteiger partial charge in [-0.3, -0.25) is 4.79 Å². The largest absolute Gasteiger partial charge is 0.452 e. The lowest BCUT2D eigenvalue weighted by atomic mass is 10.2. The lowest BCUT2D eigenvalue weighted by molar-refractivity contribution is -0.119. The summed E-state index contributed by atoms with van der Waals surface area (Å²) in [6.45, 7) is 9.38. The van der Waals surface area contributed by atoms with Gasteiger partial charge >= 0.3 is 5.97 Å². The van der Waals surface area contributed by atoms with Crippen LogP contribution in [0.2, 0.25) is 5.02 Å². The molecule has 1 aromatic heterocycles. The molecule has 134 valence electrons. The summed E-state index contributed by atoms with van der Waals surface area (Å²) in [5, 5.41) is 3.27. The van der Waals surface area contributed by atoms with Crippen LogP contribution in [0.1, 0.15) is 47.2 Å². The average Bonchev–Trinajstić information content (AvgIpc) is 2.84. The van der Waals surface area contributed by atoms with Gasteiger partial charge < -0.3 is 14.6 Å². The first-order chi connectivity index (χ1) is 11.7. The molecule has 0 saturated heterocycles. The van der Waals surface area contributed by atoms with E-state index in [2.05, 4.69) is 23.7 Å². The summed E-state index contributed by atoms with van der Waals surface area (Å²) in [5.74, 6) is -0.908. The van der Waals surface area contributed by atoms with Crippen LogP contribution in [-0.2, 0) is 9.53 Å². The van der Waals surface area contributed by atoms with Crippen LogP contribution in [0.15, 0.2) is 24.3 Å². The highest BCUT2D eigenvalue weighted by molar-refractivity contribution is 6.31. The summed E-state index contributed by atoms with van der Waals surface area (Å²) in [6.07, 6.45) is 0. The van der Waals surface area contributed by atoms with E-state index < -0.39 is 11.9 Å². The second-order valence-corrected chi connectivity index (χ2v) is 6.69. The van der Waals surface area contributed by atoms with E-state index in [1.807, 2.05) is 20.8 Å². The molecule has 0 saturated carbocycles. The van der Waals surface area contributed by atoms with E-state index in [1.165, 1.54) is 0 Å². The zero-order chi connectivity index (χ0) is 18.7. The number of carbonyl (C=O) groups is 2. The predicted molar refractivity (Wildman–Crippen MR) is 99.4 cm³/mol. The van der Waals surface area contributed by atoms with E-state index in [0.717, 1.165) is 17.0 Å². The van der Waals surface area contributed by atoms with Crippen LogP contribution in [0.3, 0.4) is 0 Å². The highest BCUT2D eigenvalue weighted by Crippen LogP contribution is 2.23. The Morgan fingerprint density at radius 3 is 2.52 bits per heavy atom. The van der Waals surface area contributed by atoms with Crippen LogP contribution in [0.25, 0.3) is 0 Å². The third-order valence-corrected chi connectivity index (χ3v) is 4.51. The van der Waals surface area contributed by atoms with Gasteiger partial charge in [-0.15, -0.1) is 0 Å². The Labute approximate surface area is 152 Å². The highest BCUT2D eigenvalue weighted by Gasteiger charge is 2.19. The normalized spacial score (nSPS) is 10.8. The molecule has 1 amide bonds. The summed E-state index contributed by atoms with van der Waals surface area (Å²) < 4.78 is 7.23. The zero-order valence-corrected chi connectivity index (χ0v) is 15.9. The van der Waals surface area contributed by atoms with Crippen LogP contribution in [0, 0.1) is 20.8 Å². The van der Waals surface area contributed by atoms with Crippen molar-refractivity contribution in [1.82, 2.24) is 4.57 Å². The lowest BCUT2D eigenvalue weighted by Gasteiger charge is -2.13. The molecule has 0 aliphatic rings. The van der Waals surface area contributed by atoms with Crippen LogP contribution >= 0.6 is 11.6 Å². The summed E-state index contributed by atoms with van der Waals surface area (Å²) in [5.41, 5.74) is 3.68.